The van der Waals surface area contributed by atoms with Crippen LogP contribution in [0.15, 0.2) is 12.1 Å². The molecule has 0 radical (unpaired) electrons. The lowest BCUT2D eigenvalue weighted by Gasteiger charge is -2.17. The minimum atomic E-state index is 0.566. The van der Waals surface area contributed by atoms with Gasteiger partial charge in [0.25, 0.3) is 0 Å². The average molecular weight is 282 g/mol. The molecule has 1 atom stereocenters. The molecule has 0 fully saturated rings. The lowest BCUT2D eigenvalue weighted by Crippen LogP contribution is -2.25. The monoisotopic (exact) mass is 282 g/mol. The lowest BCUT2D eigenvalue weighted by molar-refractivity contribution is 0.534. The zero-order valence-electron chi connectivity index (χ0n) is 13.7. The van der Waals surface area contributed by atoms with Crippen molar-refractivity contribution >= 4 is 10.9 Å². The number of aryl methyl sites for hydroxylation is 3. The van der Waals surface area contributed by atoms with Crippen LogP contribution in [0.5, 0.6) is 0 Å². The minimum Gasteiger partial charge on any atom is -0.310 e. The Bertz CT molecular complexity index is 673. The van der Waals surface area contributed by atoms with Crippen LogP contribution in [0, 0.1) is 13.8 Å². The molecular weight excluding hydrogens is 256 g/mol. The fraction of sp³-hybridized carbons (Fsp3) is 0.526. The number of benzene rings is 1. The van der Waals surface area contributed by atoms with Gasteiger partial charge in [-0.2, -0.15) is 0 Å². The predicted molar refractivity (Wildman–Crippen MR) is 89.8 cm³/mol. The van der Waals surface area contributed by atoms with Crippen molar-refractivity contribution in [1.82, 2.24) is 10.3 Å². The van der Waals surface area contributed by atoms with Crippen molar-refractivity contribution in [3.05, 3.63) is 40.1 Å². The molecule has 1 aliphatic carbocycles. The predicted octanol–water partition coefficient (Wildman–Crippen LogP) is 4.23. The molecule has 1 unspecified atom stereocenters. The number of nitrogens with zero attached hydrogens (tertiary/aromatic N) is 1. The van der Waals surface area contributed by atoms with Crippen LogP contribution in [0.4, 0.5) is 0 Å². The molecule has 0 saturated carbocycles. The van der Waals surface area contributed by atoms with E-state index in [9.17, 15) is 0 Å². The molecule has 0 spiro atoms. The number of hydrogen-bond donors (Lipinski definition) is 1. The fourth-order valence-corrected chi connectivity index (χ4v) is 3.24. The Kier molecular flexibility index (Phi) is 3.99. The quantitative estimate of drug-likeness (QED) is 0.907. The van der Waals surface area contributed by atoms with E-state index in [0.717, 1.165) is 13.0 Å². The fourth-order valence-electron chi connectivity index (χ4n) is 3.24. The van der Waals surface area contributed by atoms with Gasteiger partial charge >= 0.3 is 0 Å². The Hall–Kier alpha value is -1.41. The Balaban J connectivity index is 2.12. The Morgan fingerprint density at radius 1 is 1.19 bits per heavy atom. The van der Waals surface area contributed by atoms with E-state index in [1.54, 1.807) is 0 Å². The summed E-state index contributed by atoms with van der Waals surface area (Å²) in [5, 5.41) is 5.03. The van der Waals surface area contributed by atoms with Gasteiger partial charge in [0.15, 0.2) is 0 Å². The van der Waals surface area contributed by atoms with E-state index in [2.05, 4.69) is 45.1 Å². The molecule has 21 heavy (non-hydrogen) atoms. The van der Waals surface area contributed by atoms with Gasteiger partial charge in [0, 0.05) is 23.7 Å². The van der Waals surface area contributed by atoms with Crippen molar-refractivity contribution < 1.29 is 0 Å². The topological polar surface area (TPSA) is 24.9 Å². The first-order valence-corrected chi connectivity index (χ1v) is 8.25. The summed E-state index contributed by atoms with van der Waals surface area (Å²) < 4.78 is 0. The molecule has 2 aromatic rings. The summed E-state index contributed by atoms with van der Waals surface area (Å²) in [4.78, 5) is 4.94. The maximum absolute atomic E-state index is 4.94. The summed E-state index contributed by atoms with van der Waals surface area (Å²) in [6.07, 6.45) is 4.77. The van der Waals surface area contributed by atoms with E-state index >= 15 is 0 Å². The van der Waals surface area contributed by atoms with Crippen molar-refractivity contribution in [2.75, 3.05) is 0 Å². The molecule has 0 saturated heterocycles. The van der Waals surface area contributed by atoms with Gasteiger partial charge in [-0.3, -0.25) is 4.98 Å². The Morgan fingerprint density at radius 3 is 2.71 bits per heavy atom. The highest BCUT2D eigenvalue weighted by Gasteiger charge is 2.20. The van der Waals surface area contributed by atoms with Crippen molar-refractivity contribution in [2.45, 2.75) is 66.0 Å². The van der Waals surface area contributed by atoms with Crippen LogP contribution in [0.3, 0.4) is 0 Å². The van der Waals surface area contributed by atoms with Gasteiger partial charge < -0.3 is 5.32 Å². The molecule has 0 bridgehead atoms. The smallest absolute Gasteiger partial charge is 0.0711 e. The van der Waals surface area contributed by atoms with Gasteiger partial charge in [0.1, 0.15) is 0 Å². The maximum atomic E-state index is 4.94. The summed E-state index contributed by atoms with van der Waals surface area (Å²) in [5.74, 6) is 0. The van der Waals surface area contributed by atoms with Crippen molar-refractivity contribution in [1.29, 1.82) is 0 Å². The second kappa shape index (κ2) is 5.76. The zero-order chi connectivity index (χ0) is 15.0. The third kappa shape index (κ3) is 2.69. The van der Waals surface area contributed by atoms with E-state index in [4.69, 9.17) is 4.98 Å². The second-order valence-electron chi connectivity index (χ2n) is 6.51. The van der Waals surface area contributed by atoms with Gasteiger partial charge in [0.2, 0.25) is 0 Å². The molecule has 1 aliphatic rings. The van der Waals surface area contributed by atoms with E-state index in [1.807, 2.05) is 0 Å². The number of rotatable bonds is 4. The van der Waals surface area contributed by atoms with Crippen LogP contribution in [-0.2, 0) is 19.4 Å². The van der Waals surface area contributed by atoms with Crippen molar-refractivity contribution in [2.24, 2.45) is 0 Å². The van der Waals surface area contributed by atoms with Crippen LogP contribution in [0.2, 0.25) is 0 Å². The number of nitrogens with one attached hydrogen (secondary N) is 1. The number of hydrogen-bond acceptors (Lipinski definition) is 2. The average Bonchev–Trinajstić information content (AvgIpc) is 2.93. The van der Waals surface area contributed by atoms with E-state index in [1.165, 1.54) is 58.1 Å². The molecule has 1 aromatic heterocycles. The van der Waals surface area contributed by atoms with Gasteiger partial charge in [-0.15, -0.1) is 0 Å². The largest absolute Gasteiger partial charge is 0.310 e. The number of pyridine rings is 1. The Labute approximate surface area is 128 Å². The summed E-state index contributed by atoms with van der Waals surface area (Å²) in [5.41, 5.74) is 8.24. The number of aromatic nitrogens is 1. The van der Waals surface area contributed by atoms with Crippen LogP contribution in [-0.4, -0.2) is 11.0 Å². The molecule has 3 rings (SSSR count). The van der Waals surface area contributed by atoms with Crippen molar-refractivity contribution in [3.63, 3.8) is 0 Å². The molecular formula is C19H26N2. The third-order valence-electron chi connectivity index (χ3n) is 4.99. The van der Waals surface area contributed by atoms with Crippen LogP contribution in [0.1, 0.15) is 54.6 Å². The first kappa shape index (κ1) is 14.5. The molecule has 1 aromatic carbocycles. The van der Waals surface area contributed by atoms with Crippen LogP contribution >= 0.6 is 0 Å². The highest BCUT2D eigenvalue weighted by Crippen LogP contribution is 2.31. The molecule has 2 nitrogen and oxygen atoms in total. The van der Waals surface area contributed by atoms with E-state index in [0.29, 0.717) is 6.04 Å². The first-order chi connectivity index (χ1) is 10.1. The van der Waals surface area contributed by atoms with Gasteiger partial charge in [-0.1, -0.05) is 6.92 Å². The summed E-state index contributed by atoms with van der Waals surface area (Å²) in [6, 6.07) is 5.16. The first-order valence-electron chi connectivity index (χ1n) is 8.25. The molecule has 0 amide bonds. The molecule has 112 valence electrons. The highest BCUT2D eigenvalue weighted by molar-refractivity contribution is 5.85. The third-order valence-corrected chi connectivity index (χ3v) is 4.99. The molecule has 1 heterocycles. The molecule has 0 aliphatic heterocycles. The highest BCUT2D eigenvalue weighted by atomic mass is 14.9. The minimum absolute atomic E-state index is 0.566. The van der Waals surface area contributed by atoms with E-state index in [-0.39, 0.29) is 0 Å². The second-order valence-corrected chi connectivity index (χ2v) is 6.51. The van der Waals surface area contributed by atoms with Gasteiger partial charge in [-0.05, 0) is 80.8 Å². The standard InChI is InChI=1S/C19H26N2/c1-5-14(4)20-11-17-15-7-6-8-18(15)21-19-10-13(3)12(2)9-16(17)19/h9-10,14,20H,5-8,11H2,1-4H3. The van der Waals surface area contributed by atoms with Crippen molar-refractivity contribution in [3.8, 4) is 0 Å². The molecule has 2 heteroatoms. The van der Waals surface area contributed by atoms with Gasteiger partial charge in [0.05, 0.1) is 5.52 Å². The number of fused-ring (bicyclic) bond motifs is 2. The SMILES string of the molecule is CCC(C)NCc1c2c(nc3cc(C)c(C)cc13)CCC2. The Morgan fingerprint density at radius 2 is 1.95 bits per heavy atom. The summed E-state index contributed by atoms with van der Waals surface area (Å²) >= 11 is 0. The van der Waals surface area contributed by atoms with Crippen LogP contribution < -0.4 is 5.32 Å². The van der Waals surface area contributed by atoms with E-state index < -0.39 is 0 Å². The lowest BCUT2D eigenvalue weighted by atomic mass is 9.97. The summed E-state index contributed by atoms with van der Waals surface area (Å²) in [6.45, 7) is 9.85. The molecule has 1 N–H and O–H groups in total. The normalized spacial score (nSPS) is 15.4. The summed E-state index contributed by atoms with van der Waals surface area (Å²) in [7, 11) is 0. The zero-order valence-corrected chi connectivity index (χ0v) is 13.7. The van der Waals surface area contributed by atoms with Gasteiger partial charge in [-0.25, -0.2) is 0 Å². The maximum Gasteiger partial charge on any atom is 0.0711 e. The van der Waals surface area contributed by atoms with Crippen LogP contribution in [0.25, 0.3) is 10.9 Å².